The lowest BCUT2D eigenvalue weighted by Gasteiger charge is -2.24. The lowest BCUT2D eigenvalue weighted by molar-refractivity contribution is 0.116. The van der Waals surface area contributed by atoms with Crippen LogP contribution in [-0.4, -0.2) is 48.4 Å². The van der Waals surface area contributed by atoms with Crippen LogP contribution in [0.25, 0.3) is 11.1 Å². The number of rotatable bonds is 10. The summed E-state index contributed by atoms with van der Waals surface area (Å²) < 4.78 is 67.2. The predicted molar refractivity (Wildman–Crippen MR) is 142 cm³/mol. The van der Waals surface area contributed by atoms with Gasteiger partial charge in [0.2, 0.25) is 15.7 Å². The summed E-state index contributed by atoms with van der Waals surface area (Å²) in [5, 5.41) is 10.7. The maximum atomic E-state index is 14.1. The Morgan fingerprint density at radius 1 is 1.07 bits per heavy atom. The molecule has 0 aliphatic rings. The first kappa shape index (κ1) is 29.0. The van der Waals surface area contributed by atoms with Crippen LogP contribution in [0.1, 0.15) is 29.9 Å². The lowest BCUT2D eigenvalue weighted by Crippen LogP contribution is -2.35. The van der Waals surface area contributed by atoms with Crippen molar-refractivity contribution in [3.63, 3.8) is 0 Å². The van der Waals surface area contributed by atoms with Crippen molar-refractivity contribution in [2.75, 3.05) is 20.3 Å². The van der Waals surface area contributed by atoms with Gasteiger partial charge in [-0.1, -0.05) is 12.1 Å². The molecule has 2 aromatic heterocycles. The molecule has 0 aliphatic heterocycles. The zero-order valence-corrected chi connectivity index (χ0v) is 22.8. The van der Waals surface area contributed by atoms with E-state index >= 15 is 0 Å². The van der Waals surface area contributed by atoms with E-state index in [0.717, 1.165) is 33.4 Å². The summed E-state index contributed by atoms with van der Waals surface area (Å²) in [5.74, 6) is -2.98. The highest BCUT2D eigenvalue weighted by Gasteiger charge is 2.32. The summed E-state index contributed by atoms with van der Waals surface area (Å²) in [6, 6.07) is 9.05. The number of halogens is 2. The minimum atomic E-state index is -4.60. The normalized spacial score (nSPS) is 12.4. The summed E-state index contributed by atoms with van der Waals surface area (Å²) in [7, 11) is -3.29. The average molecular weight is 572 g/mol. The van der Waals surface area contributed by atoms with Crippen LogP contribution >= 0.6 is 0 Å². The van der Waals surface area contributed by atoms with Gasteiger partial charge in [-0.2, -0.15) is 4.98 Å². The summed E-state index contributed by atoms with van der Waals surface area (Å²) in [6.45, 7) is 3.20. The van der Waals surface area contributed by atoms with Gasteiger partial charge in [0.15, 0.2) is 4.90 Å². The number of aromatic hydroxyl groups is 1. The molecule has 0 radical (unpaired) electrons. The van der Waals surface area contributed by atoms with Crippen molar-refractivity contribution in [3.8, 4) is 17.0 Å². The Hall–Kier alpha value is -4.00. The first-order chi connectivity index (χ1) is 19.1. The largest absolute Gasteiger partial charge is 0.492 e. The minimum Gasteiger partial charge on any atom is -0.492 e. The fourth-order valence-corrected chi connectivity index (χ4v) is 5.72. The van der Waals surface area contributed by atoms with E-state index in [2.05, 4.69) is 9.97 Å². The number of ether oxygens (including phenoxy) is 2. The molecule has 0 bridgehead atoms. The van der Waals surface area contributed by atoms with E-state index < -0.39 is 43.8 Å². The zero-order chi connectivity index (χ0) is 29.0. The first-order valence-electron chi connectivity index (χ1n) is 12.2. The van der Waals surface area contributed by atoms with Crippen molar-refractivity contribution in [3.05, 3.63) is 99.9 Å². The predicted octanol–water partition coefficient (Wildman–Crippen LogP) is 4.20. The summed E-state index contributed by atoms with van der Waals surface area (Å²) in [6.07, 6.45) is 3.29. The van der Waals surface area contributed by atoms with Crippen LogP contribution in [0.15, 0.2) is 75.5 Å². The van der Waals surface area contributed by atoms with Gasteiger partial charge in [0.25, 0.3) is 5.56 Å². The van der Waals surface area contributed by atoms with E-state index in [1.54, 1.807) is 37.5 Å². The van der Waals surface area contributed by atoms with Gasteiger partial charge in [-0.3, -0.25) is 14.3 Å². The van der Waals surface area contributed by atoms with Crippen LogP contribution in [0.5, 0.6) is 5.88 Å². The highest BCUT2D eigenvalue weighted by molar-refractivity contribution is 7.91. The monoisotopic (exact) mass is 571 g/mol. The van der Waals surface area contributed by atoms with Crippen LogP contribution in [0.2, 0.25) is 0 Å². The molecule has 12 heteroatoms. The number of benzene rings is 2. The van der Waals surface area contributed by atoms with Gasteiger partial charge in [-0.15, -0.1) is 0 Å². The number of aromatic nitrogens is 3. The molecular weight excluding hydrogens is 544 g/mol. The Kier molecular flexibility index (Phi) is 8.72. The number of nitrogens with zero attached hydrogens (tertiary/aromatic N) is 3. The Labute approximate surface area is 229 Å². The van der Waals surface area contributed by atoms with Gasteiger partial charge in [-0.05, 0) is 66.4 Å². The maximum absolute atomic E-state index is 14.1. The highest BCUT2D eigenvalue weighted by Crippen LogP contribution is 2.30. The lowest BCUT2D eigenvalue weighted by atomic mass is 10.0. The molecule has 0 saturated heterocycles. The van der Waals surface area contributed by atoms with Crippen LogP contribution in [0, 0.1) is 18.6 Å². The van der Waals surface area contributed by atoms with Crippen LogP contribution in [0.4, 0.5) is 8.78 Å². The molecular formula is C28H27F2N3O6S. The maximum Gasteiger partial charge on any atom is 0.277 e. The molecule has 0 spiro atoms. The molecule has 4 rings (SSSR count). The van der Waals surface area contributed by atoms with Crippen molar-refractivity contribution in [1.29, 1.82) is 0 Å². The second-order valence-corrected chi connectivity index (χ2v) is 10.8. The van der Waals surface area contributed by atoms with E-state index in [4.69, 9.17) is 9.47 Å². The summed E-state index contributed by atoms with van der Waals surface area (Å²) in [5.41, 5.74) is 1.29. The summed E-state index contributed by atoms with van der Waals surface area (Å²) in [4.78, 5) is 20.6. The molecule has 9 nitrogen and oxygen atoms in total. The standard InChI is InChI=1S/C28H27F2N3O6S/c1-4-39-16-25-32-27(34)26(28(35)33(25)24(15-38-3)19-11-20(29)13-21(30)12-19)40(36,37)22-7-5-18(6-8-22)23-9-10-31-14-17(23)2/h5-14,24,34H,4,15-16H2,1-3H3/t24-/m0/s1. The number of hydrogen-bond donors (Lipinski definition) is 1. The zero-order valence-electron chi connectivity index (χ0n) is 22.0. The van der Waals surface area contributed by atoms with E-state index in [1.807, 2.05) is 6.92 Å². The molecule has 0 fully saturated rings. The van der Waals surface area contributed by atoms with Crippen molar-refractivity contribution in [2.24, 2.45) is 0 Å². The molecule has 4 aromatic rings. The van der Waals surface area contributed by atoms with Crippen molar-refractivity contribution < 1.29 is 31.8 Å². The van der Waals surface area contributed by atoms with Crippen molar-refractivity contribution in [2.45, 2.75) is 36.3 Å². The van der Waals surface area contributed by atoms with E-state index in [1.165, 1.54) is 19.2 Å². The van der Waals surface area contributed by atoms with Crippen molar-refractivity contribution in [1.82, 2.24) is 14.5 Å². The second-order valence-electron chi connectivity index (χ2n) is 8.89. The van der Waals surface area contributed by atoms with Gasteiger partial charge >= 0.3 is 0 Å². The quantitative estimate of drug-likeness (QED) is 0.301. The summed E-state index contributed by atoms with van der Waals surface area (Å²) >= 11 is 0. The smallest absolute Gasteiger partial charge is 0.277 e. The Morgan fingerprint density at radius 3 is 2.35 bits per heavy atom. The topological polar surface area (TPSA) is 121 Å². The third kappa shape index (κ3) is 5.79. The van der Waals surface area contributed by atoms with Gasteiger partial charge in [0, 0.05) is 32.2 Å². The van der Waals surface area contributed by atoms with Gasteiger partial charge in [0.05, 0.1) is 17.5 Å². The molecule has 210 valence electrons. The Morgan fingerprint density at radius 2 is 1.75 bits per heavy atom. The van der Waals surface area contributed by atoms with Gasteiger partial charge in [0.1, 0.15) is 24.1 Å². The first-order valence-corrected chi connectivity index (χ1v) is 13.7. The fraction of sp³-hybridized carbons (Fsp3) is 0.250. The Bertz CT molecular complexity index is 1670. The van der Waals surface area contributed by atoms with E-state index in [0.29, 0.717) is 6.07 Å². The molecule has 0 unspecified atom stereocenters. The molecule has 0 aliphatic carbocycles. The molecule has 2 heterocycles. The molecule has 1 N–H and O–H groups in total. The molecule has 0 amide bonds. The number of sulfone groups is 1. The Balaban J connectivity index is 1.90. The molecule has 1 atom stereocenters. The number of hydrogen-bond acceptors (Lipinski definition) is 8. The van der Waals surface area contributed by atoms with Gasteiger partial charge in [-0.25, -0.2) is 17.2 Å². The van der Waals surface area contributed by atoms with Crippen LogP contribution < -0.4 is 5.56 Å². The number of aryl methyl sites for hydroxylation is 1. The minimum absolute atomic E-state index is 0.00731. The second kappa shape index (κ2) is 12.0. The van der Waals surface area contributed by atoms with E-state index in [-0.39, 0.29) is 36.1 Å². The molecule has 2 aromatic carbocycles. The van der Waals surface area contributed by atoms with Crippen LogP contribution in [-0.2, 0) is 25.9 Å². The molecule has 40 heavy (non-hydrogen) atoms. The SMILES string of the molecule is CCOCc1nc(O)c(S(=O)(=O)c2ccc(-c3ccncc3C)cc2)c(=O)n1[C@@H](COC)c1cc(F)cc(F)c1. The number of methoxy groups -OCH3 is 1. The number of pyridine rings is 1. The van der Waals surface area contributed by atoms with Crippen molar-refractivity contribution >= 4 is 9.84 Å². The van der Waals surface area contributed by atoms with E-state index in [9.17, 15) is 27.1 Å². The third-order valence-electron chi connectivity index (χ3n) is 6.23. The third-order valence-corrected chi connectivity index (χ3v) is 8.02. The molecule has 0 saturated carbocycles. The fourth-order valence-electron chi connectivity index (χ4n) is 4.37. The average Bonchev–Trinajstić information content (AvgIpc) is 2.90. The van der Waals surface area contributed by atoms with Crippen LogP contribution in [0.3, 0.4) is 0 Å². The van der Waals surface area contributed by atoms with Gasteiger partial charge < -0.3 is 14.6 Å². The highest BCUT2D eigenvalue weighted by atomic mass is 32.2.